The van der Waals surface area contributed by atoms with Crippen molar-refractivity contribution < 1.29 is 0 Å². The highest BCUT2D eigenvalue weighted by molar-refractivity contribution is 5.11. The lowest BCUT2D eigenvalue weighted by Gasteiger charge is -2.11. The third kappa shape index (κ3) is 4.20. The molecule has 2 aliphatic rings. The summed E-state index contributed by atoms with van der Waals surface area (Å²) in [5.41, 5.74) is 0. The van der Waals surface area contributed by atoms with Crippen molar-refractivity contribution in [3.8, 4) is 0 Å². The summed E-state index contributed by atoms with van der Waals surface area (Å²) in [6.45, 7) is 1.04. The van der Waals surface area contributed by atoms with Crippen LogP contribution in [0.4, 0.5) is 0 Å². The first-order valence-corrected chi connectivity index (χ1v) is 5.85. The average molecular weight is 201 g/mol. The molecule has 1 saturated carbocycles. The maximum absolute atomic E-state index is 3.33. The minimum Gasteiger partial charge on any atom is -0.390 e. The van der Waals surface area contributed by atoms with E-state index in [0.717, 1.165) is 18.9 Å². The van der Waals surface area contributed by atoms with Crippen LogP contribution in [0.2, 0.25) is 0 Å². The molecular weight excluding hydrogens is 182 g/mol. The van der Waals surface area contributed by atoms with E-state index in [1.165, 1.54) is 12.8 Å². The largest absolute Gasteiger partial charge is 0.390 e. The van der Waals surface area contributed by atoms with E-state index in [-0.39, 0.29) is 0 Å². The van der Waals surface area contributed by atoms with Gasteiger partial charge in [0.1, 0.15) is 0 Å². The van der Waals surface area contributed by atoms with Gasteiger partial charge in [0.05, 0.1) is 0 Å². The van der Waals surface area contributed by atoms with Crippen molar-refractivity contribution in [2.24, 2.45) is 11.8 Å². The lowest BCUT2D eigenvalue weighted by Crippen LogP contribution is -2.16. The summed E-state index contributed by atoms with van der Waals surface area (Å²) >= 11 is 0. The Morgan fingerprint density at radius 2 is 2.13 bits per heavy atom. The van der Waals surface area contributed by atoms with E-state index in [9.17, 15) is 0 Å². The quantitative estimate of drug-likeness (QED) is 0.674. The predicted molar refractivity (Wildman–Crippen MR) is 65.4 cm³/mol. The van der Waals surface area contributed by atoms with Gasteiger partial charge in [0.2, 0.25) is 0 Å². The Bertz CT molecular complexity index is 292. The average Bonchev–Trinajstić information content (AvgIpc) is 3.09. The molecular formula is C14H19N. The highest BCUT2D eigenvalue weighted by Crippen LogP contribution is 2.29. The second-order valence-corrected chi connectivity index (χ2v) is 4.30. The molecule has 0 saturated heterocycles. The van der Waals surface area contributed by atoms with Gasteiger partial charge in [-0.1, -0.05) is 36.5 Å². The highest BCUT2D eigenvalue weighted by atomic mass is 14.8. The molecule has 0 aromatic heterocycles. The molecule has 2 aliphatic carbocycles. The molecule has 1 fully saturated rings. The highest BCUT2D eigenvalue weighted by Gasteiger charge is 2.16. The molecule has 15 heavy (non-hydrogen) atoms. The number of nitrogens with one attached hydrogen (secondary N) is 1. The zero-order chi connectivity index (χ0) is 10.3. The molecule has 0 aromatic rings. The van der Waals surface area contributed by atoms with Crippen LogP contribution in [0, 0.1) is 11.8 Å². The molecule has 0 spiro atoms. The molecule has 2 rings (SSSR count). The van der Waals surface area contributed by atoms with E-state index < -0.39 is 0 Å². The summed E-state index contributed by atoms with van der Waals surface area (Å²) in [6.07, 6.45) is 21.3. The normalized spacial score (nSPS) is 25.5. The molecule has 80 valence electrons. The van der Waals surface area contributed by atoms with E-state index >= 15 is 0 Å². The van der Waals surface area contributed by atoms with E-state index in [1.54, 1.807) is 0 Å². The smallest absolute Gasteiger partial charge is 0.0207 e. The van der Waals surface area contributed by atoms with Gasteiger partial charge in [0, 0.05) is 6.54 Å². The SMILES string of the molecule is C1=CCC(CN/C=C\C=C/C2CC2)C=C1. The third-order valence-corrected chi connectivity index (χ3v) is 2.78. The van der Waals surface area contributed by atoms with Gasteiger partial charge in [-0.05, 0) is 43.4 Å². The zero-order valence-electron chi connectivity index (χ0n) is 9.10. The lowest BCUT2D eigenvalue weighted by molar-refractivity contribution is 0.618. The summed E-state index contributed by atoms with van der Waals surface area (Å²) in [5.74, 6) is 1.54. The van der Waals surface area contributed by atoms with Gasteiger partial charge in [-0.2, -0.15) is 0 Å². The summed E-state index contributed by atoms with van der Waals surface area (Å²) < 4.78 is 0. The van der Waals surface area contributed by atoms with Crippen molar-refractivity contribution in [3.63, 3.8) is 0 Å². The van der Waals surface area contributed by atoms with Gasteiger partial charge in [-0.3, -0.25) is 0 Å². The summed E-state index contributed by atoms with van der Waals surface area (Å²) in [7, 11) is 0. The fourth-order valence-corrected chi connectivity index (χ4v) is 1.64. The van der Waals surface area contributed by atoms with Gasteiger partial charge in [-0.25, -0.2) is 0 Å². The zero-order valence-corrected chi connectivity index (χ0v) is 9.10. The summed E-state index contributed by atoms with van der Waals surface area (Å²) in [4.78, 5) is 0. The van der Waals surface area contributed by atoms with Crippen LogP contribution in [0.25, 0.3) is 0 Å². The Morgan fingerprint density at radius 3 is 2.87 bits per heavy atom. The maximum Gasteiger partial charge on any atom is 0.0207 e. The van der Waals surface area contributed by atoms with Crippen molar-refractivity contribution in [1.82, 2.24) is 5.32 Å². The maximum atomic E-state index is 3.33. The van der Waals surface area contributed by atoms with Gasteiger partial charge in [0.25, 0.3) is 0 Å². The minimum absolute atomic E-state index is 0.659. The topological polar surface area (TPSA) is 12.0 Å². The van der Waals surface area contributed by atoms with Crippen LogP contribution in [-0.4, -0.2) is 6.54 Å². The Morgan fingerprint density at radius 1 is 1.20 bits per heavy atom. The van der Waals surface area contributed by atoms with Crippen LogP contribution in [0.3, 0.4) is 0 Å². The van der Waals surface area contributed by atoms with E-state index in [0.29, 0.717) is 5.92 Å². The Labute approximate surface area is 92.3 Å². The second kappa shape index (κ2) is 5.59. The fraction of sp³-hybridized carbons (Fsp3) is 0.429. The number of allylic oxidation sites excluding steroid dienone is 6. The fourth-order valence-electron chi connectivity index (χ4n) is 1.64. The molecule has 0 aliphatic heterocycles. The van der Waals surface area contributed by atoms with Crippen LogP contribution in [0.1, 0.15) is 19.3 Å². The summed E-state index contributed by atoms with van der Waals surface area (Å²) in [5, 5.41) is 3.33. The third-order valence-electron chi connectivity index (χ3n) is 2.78. The first kappa shape index (κ1) is 10.3. The predicted octanol–water partition coefficient (Wildman–Crippen LogP) is 3.19. The van der Waals surface area contributed by atoms with Gasteiger partial charge in [0.15, 0.2) is 0 Å². The molecule has 1 heteroatoms. The van der Waals surface area contributed by atoms with Crippen LogP contribution in [-0.2, 0) is 0 Å². The number of rotatable bonds is 5. The molecule has 0 aromatic carbocycles. The van der Waals surface area contributed by atoms with Crippen LogP contribution >= 0.6 is 0 Å². The van der Waals surface area contributed by atoms with Crippen molar-refractivity contribution >= 4 is 0 Å². The summed E-state index contributed by atoms with van der Waals surface area (Å²) in [6, 6.07) is 0. The van der Waals surface area contributed by atoms with Crippen LogP contribution < -0.4 is 5.32 Å². The number of hydrogen-bond acceptors (Lipinski definition) is 1. The number of hydrogen-bond donors (Lipinski definition) is 1. The van der Waals surface area contributed by atoms with Crippen molar-refractivity contribution in [2.45, 2.75) is 19.3 Å². The molecule has 1 nitrogen and oxygen atoms in total. The minimum atomic E-state index is 0.659. The Balaban J connectivity index is 1.57. The first-order valence-electron chi connectivity index (χ1n) is 5.85. The van der Waals surface area contributed by atoms with Gasteiger partial charge >= 0.3 is 0 Å². The first-order chi connectivity index (χ1) is 7.45. The van der Waals surface area contributed by atoms with E-state index in [1.807, 2.05) is 6.20 Å². The monoisotopic (exact) mass is 201 g/mol. The molecule has 1 unspecified atom stereocenters. The molecule has 0 radical (unpaired) electrons. The Kier molecular flexibility index (Phi) is 3.84. The second-order valence-electron chi connectivity index (χ2n) is 4.30. The molecule has 0 bridgehead atoms. The standard InChI is InChI=1S/C14H19N/c1-2-7-14(8-3-1)12-15-11-5-4-6-13-9-10-13/h1-7,11,13-15H,8-10,12H2/b6-4-,11-5-. The van der Waals surface area contributed by atoms with Crippen molar-refractivity contribution in [3.05, 3.63) is 48.7 Å². The van der Waals surface area contributed by atoms with Gasteiger partial charge in [-0.15, -0.1) is 0 Å². The molecule has 1 N–H and O–H groups in total. The lowest BCUT2D eigenvalue weighted by atomic mass is 10.0. The molecule has 1 atom stereocenters. The Hall–Kier alpha value is -1.24. The van der Waals surface area contributed by atoms with Gasteiger partial charge < -0.3 is 5.32 Å². The molecule has 0 heterocycles. The van der Waals surface area contributed by atoms with E-state index in [2.05, 4.69) is 47.8 Å². The van der Waals surface area contributed by atoms with E-state index in [4.69, 9.17) is 0 Å². The van der Waals surface area contributed by atoms with Crippen molar-refractivity contribution in [1.29, 1.82) is 0 Å². The van der Waals surface area contributed by atoms with Crippen LogP contribution in [0.5, 0.6) is 0 Å². The van der Waals surface area contributed by atoms with Crippen molar-refractivity contribution in [2.75, 3.05) is 6.54 Å². The molecule has 0 amide bonds. The van der Waals surface area contributed by atoms with Crippen LogP contribution in [0.15, 0.2) is 48.7 Å².